The Morgan fingerprint density at radius 3 is 2.42 bits per heavy atom. The summed E-state index contributed by atoms with van der Waals surface area (Å²) in [7, 11) is 0. The monoisotopic (exact) mass is 508 g/mol. The molecular formula is C24H33FN4O7. The highest BCUT2D eigenvalue weighted by atomic mass is 19.1. The van der Waals surface area contributed by atoms with Gasteiger partial charge in [0.1, 0.15) is 11.6 Å². The van der Waals surface area contributed by atoms with Crippen molar-refractivity contribution in [1.29, 1.82) is 0 Å². The summed E-state index contributed by atoms with van der Waals surface area (Å²) in [6.45, 7) is 5.50. The molecule has 1 saturated heterocycles. The van der Waals surface area contributed by atoms with Gasteiger partial charge < -0.3 is 25.6 Å². The number of nitrogens with zero attached hydrogens (tertiary/aromatic N) is 2. The molecule has 2 aromatic rings. The molecule has 2 heterocycles. The van der Waals surface area contributed by atoms with Crippen LogP contribution in [0.25, 0.3) is 0 Å². The molecule has 0 aliphatic carbocycles. The van der Waals surface area contributed by atoms with Crippen molar-refractivity contribution in [2.75, 3.05) is 13.1 Å². The first-order chi connectivity index (χ1) is 16.8. The topological polar surface area (TPSA) is 173 Å². The average Bonchev–Trinajstić information content (AvgIpc) is 2.73. The number of nitrogens with one attached hydrogen (secondary N) is 2. The van der Waals surface area contributed by atoms with Crippen LogP contribution in [0.5, 0.6) is 0 Å². The van der Waals surface area contributed by atoms with Crippen LogP contribution in [0.1, 0.15) is 43.8 Å². The zero-order valence-corrected chi connectivity index (χ0v) is 20.5. The minimum atomic E-state index is -0.833. The Balaban J connectivity index is 0.000000709. The quantitative estimate of drug-likeness (QED) is 0.383. The predicted octanol–water partition coefficient (Wildman–Crippen LogP) is 1.08. The maximum Gasteiger partial charge on any atom is 0.300 e. The smallest absolute Gasteiger partial charge is 0.300 e. The van der Waals surface area contributed by atoms with Crippen LogP contribution >= 0.6 is 0 Å². The van der Waals surface area contributed by atoms with Gasteiger partial charge in [0, 0.05) is 46.0 Å². The number of aryl methyl sites for hydroxylation is 2. The summed E-state index contributed by atoms with van der Waals surface area (Å²) < 4.78 is 13.2. The van der Waals surface area contributed by atoms with E-state index in [0.717, 1.165) is 19.4 Å². The predicted molar refractivity (Wildman–Crippen MR) is 129 cm³/mol. The fraction of sp³-hybridized carbons (Fsp3) is 0.458. The Morgan fingerprint density at radius 1 is 1.19 bits per heavy atom. The van der Waals surface area contributed by atoms with E-state index < -0.39 is 24.1 Å². The van der Waals surface area contributed by atoms with E-state index in [2.05, 4.69) is 20.2 Å². The van der Waals surface area contributed by atoms with Gasteiger partial charge in [-0.3, -0.25) is 24.1 Å². The number of likely N-dealkylation sites (tertiary alicyclic amines) is 1. The summed E-state index contributed by atoms with van der Waals surface area (Å²) in [5.74, 6) is -1.61. The van der Waals surface area contributed by atoms with Crippen molar-refractivity contribution in [3.63, 3.8) is 0 Å². The molecule has 0 radical (unpaired) electrons. The van der Waals surface area contributed by atoms with E-state index in [1.165, 1.54) is 18.2 Å². The summed E-state index contributed by atoms with van der Waals surface area (Å²) in [5, 5.41) is 28.0. The van der Waals surface area contributed by atoms with E-state index in [1.54, 1.807) is 19.1 Å². The second-order valence-electron chi connectivity index (χ2n) is 8.26. The van der Waals surface area contributed by atoms with Gasteiger partial charge in [0.25, 0.3) is 17.5 Å². The summed E-state index contributed by atoms with van der Waals surface area (Å²) in [6, 6.07) is 7.26. The van der Waals surface area contributed by atoms with E-state index in [4.69, 9.17) is 19.8 Å². The lowest BCUT2D eigenvalue weighted by atomic mass is 10.0. The zero-order chi connectivity index (χ0) is 27.3. The van der Waals surface area contributed by atoms with Gasteiger partial charge in [-0.1, -0.05) is 12.1 Å². The number of carboxylic acids is 2. The molecule has 1 aromatic carbocycles. The van der Waals surface area contributed by atoms with Crippen LogP contribution in [0.4, 0.5) is 4.39 Å². The molecule has 0 bridgehead atoms. The van der Waals surface area contributed by atoms with Crippen LogP contribution in [0.3, 0.4) is 0 Å². The zero-order valence-electron chi connectivity index (χ0n) is 20.5. The third-order valence-corrected chi connectivity index (χ3v) is 4.84. The first-order valence-electron chi connectivity index (χ1n) is 11.3. The van der Waals surface area contributed by atoms with Gasteiger partial charge in [0.15, 0.2) is 0 Å². The molecular weight excluding hydrogens is 475 g/mol. The molecule has 198 valence electrons. The van der Waals surface area contributed by atoms with E-state index in [-0.39, 0.29) is 23.7 Å². The standard InChI is InChI=1S/C20H25FN4O3.2C2H4O2/c1-13-22-16(10-20(28)23-13)11-25-8-7-18(26)17(12-25)24-19(27)6-5-14-3-2-4-15(21)9-14;2*1-2(3)4/h2-4,9-10,17-18,26H,5-8,11-12H2,1H3,(H,24,27)(H,22,23,28);2*1H3,(H,3,4)/t17-,18+;;/m1../s1. The number of carbonyl (C=O) groups excluding carboxylic acids is 1. The fourth-order valence-corrected chi connectivity index (χ4v) is 3.47. The Kier molecular flexibility index (Phi) is 13.0. The lowest BCUT2D eigenvalue weighted by Crippen LogP contribution is -2.55. The number of hydrogen-bond donors (Lipinski definition) is 5. The molecule has 5 N–H and O–H groups in total. The number of rotatable bonds is 6. The van der Waals surface area contributed by atoms with Gasteiger partial charge >= 0.3 is 0 Å². The Morgan fingerprint density at radius 2 is 1.83 bits per heavy atom. The molecule has 3 rings (SSSR count). The van der Waals surface area contributed by atoms with Gasteiger partial charge in [0.2, 0.25) is 5.91 Å². The summed E-state index contributed by atoms with van der Waals surface area (Å²) in [5.41, 5.74) is 1.23. The van der Waals surface area contributed by atoms with Crippen molar-refractivity contribution in [2.45, 2.75) is 58.7 Å². The van der Waals surface area contributed by atoms with E-state index in [0.29, 0.717) is 44.0 Å². The highest BCUT2D eigenvalue weighted by Gasteiger charge is 2.29. The van der Waals surface area contributed by atoms with Crippen molar-refractivity contribution in [2.24, 2.45) is 0 Å². The fourth-order valence-electron chi connectivity index (χ4n) is 3.47. The third-order valence-electron chi connectivity index (χ3n) is 4.84. The SMILES string of the molecule is CC(=O)O.CC(=O)O.Cc1nc(CN2CC[C@H](O)[C@H](NC(=O)CCc3cccc(F)c3)C2)cc(=O)[nH]1. The number of aliphatic hydroxyl groups excluding tert-OH is 1. The number of aromatic amines is 1. The second kappa shape index (κ2) is 15.4. The van der Waals surface area contributed by atoms with Gasteiger partial charge in [-0.05, 0) is 37.5 Å². The molecule has 0 spiro atoms. The summed E-state index contributed by atoms with van der Waals surface area (Å²) in [6.07, 6.45) is 0.563. The van der Waals surface area contributed by atoms with Gasteiger partial charge in [-0.2, -0.15) is 0 Å². The van der Waals surface area contributed by atoms with Crippen LogP contribution in [0, 0.1) is 12.7 Å². The number of carbonyl (C=O) groups is 3. The minimum Gasteiger partial charge on any atom is -0.481 e. The second-order valence-corrected chi connectivity index (χ2v) is 8.26. The lowest BCUT2D eigenvalue weighted by Gasteiger charge is -2.36. The number of amides is 1. The number of benzene rings is 1. The first kappa shape index (κ1) is 30.4. The first-order valence-corrected chi connectivity index (χ1v) is 11.3. The number of aromatic nitrogens is 2. The number of carboxylic acid groups (broad SMARTS) is 2. The van der Waals surface area contributed by atoms with Crippen molar-refractivity contribution in [3.05, 3.63) is 63.6 Å². The summed E-state index contributed by atoms with van der Waals surface area (Å²) in [4.78, 5) is 50.9. The molecule has 0 saturated carbocycles. The Labute approximate surface area is 208 Å². The largest absolute Gasteiger partial charge is 0.481 e. The number of halogens is 1. The molecule has 11 nitrogen and oxygen atoms in total. The minimum absolute atomic E-state index is 0.180. The van der Waals surface area contributed by atoms with Gasteiger partial charge in [-0.25, -0.2) is 9.37 Å². The summed E-state index contributed by atoms with van der Waals surface area (Å²) >= 11 is 0. The maximum absolute atomic E-state index is 13.2. The number of piperidine rings is 1. The molecule has 1 amide bonds. The molecule has 1 aromatic heterocycles. The molecule has 1 fully saturated rings. The van der Waals surface area contributed by atoms with Gasteiger partial charge in [-0.15, -0.1) is 0 Å². The van der Waals surface area contributed by atoms with Crippen molar-refractivity contribution in [3.8, 4) is 0 Å². The van der Waals surface area contributed by atoms with Crippen LogP contribution in [0.2, 0.25) is 0 Å². The Bertz CT molecular complexity index is 1060. The number of aliphatic carboxylic acids is 2. The third kappa shape index (κ3) is 13.3. The molecule has 12 heteroatoms. The highest BCUT2D eigenvalue weighted by molar-refractivity contribution is 5.76. The van der Waals surface area contributed by atoms with Crippen LogP contribution in [-0.2, 0) is 27.3 Å². The Hall–Kier alpha value is -3.64. The van der Waals surface area contributed by atoms with Crippen molar-refractivity contribution >= 4 is 17.8 Å². The van der Waals surface area contributed by atoms with E-state index >= 15 is 0 Å². The van der Waals surface area contributed by atoms with Crippen molar-refractivity contribution < 1.29 is 34.1 Å². The lowest BCUT2D eigenvalue weighted by molar-refractivity contribution is -0.135. The van der Waals surface area contributed by atoms with Gasteiger partial charge in [0.05, 0.1) is 17.8 Å². The molecule has 0 unspecified atom stereocenters. The van der Waals surface area contributed by atoms with Crippen LogP contribution in [-0.4, -0.2) is 73.3 Å². The number of hydrogen-bond acceptors (Lipinski definition) is 7. The maximum atomic E-state index is 13.2. The van der Waals surface area contributed by atoms with Crippen molar-refractivity contribution in [1.82, 2.24) is 20.2 Å². The van der Waals surface area contributed by atoms with E-state index in [1.807, 2.05) is 0 Å². The average molecular weight is 509 g/mol. The molecule has 1 aliphatic rings. The highest BCUT2D eigenvalue weighted by Crippen LogP contribution is 2.14. The normalized spacial score (nSPS) is 17.0. The van der Waals surface area contributed by atoms with E-state index in [9.17, 15) is 19.1 Å². The molecule has 2 atom stereocenters. The molecule has 1 aliphatic heterocycles. The van der Waals surface area contributed by atoms with Crippen LogP contribution in [0.15, 0.2) is 35.1 Å². The van der Waals surface area contributed by atoms with Crippen LogP contribution < -0.4 is 10.9 Å². The molecule has 36 heavy (non-hydrogen) atoms. The number of aliphatic hydroxyl groups is 1. The number of H-pyrrole nitrogens is 1.